The Balaban J connectivity index is 2.10. The van der Waals surface area contributed by atoms with E-state index in [1.54, 1.807) is 0 Å². The summed E-state index contributed by atoms with van der Waals surface area (Å²) in [6.45, 7) is 0.953. The minimum absolute atomic E-state index is 0.0271. The maximum absolute atomic E-state index is 13.1. The van der Waals surface area contributed by atoms with Crippen molar-refractivity contribution in [2.75, 3.05) is 18.9 Å². The lowest BCUT2D eigenvalue weighted by molar-refractivity contribution is -0.116. The first-order chi connectivity index (χ1) is 12.1. The molecule has 0 radical (unpaired) electrons. The summed E-state index contributed by atoms with van der Waals surface area (Å²) in [6, 6.07) is 9.20. The van der Waals surface area contributed by atoms with Crippen molar-refractivity contribution >= 4 is 43.3 Å². The summed E-state index contributed by atoms with van der Waals surface area (Å²) in [5.41, 5.74) is 0.721. The highest BCUT2D eigenvalue weighted by atomic mass is 79.9. The van der Waals surface area contributed by atoms with Gasteiger partial charge in [-0.15, -0.1) is 0 Å². The van der Waals surface area contributed by atoms with Crippen LogP contribution in [-0.2, 0) is 14.8 Å². The molecule has 26 heavy (non-hydrogen) atoms. The number of carbonyl (C=O) groups excluding carboxylic acids is 2. The number of rotatable bonds is 6. The summed E-state index contributed by atoms with van der Waals surface area (Å²) < 4.78 is 39.3. The lowest BCUT2D eigenvalue weighted by atomic mass is 10.2. The van der Waals surface area contributed by atoms with Gasteiger partial charge >= 0.3 is 0 Å². The number of nitrogens with zero attached hydrogens (tertiary/aromatic N) is 1. The third kappa shape index (κ3) is 4.75. The fourth-order valence-electron chi connectivity index (χ4n) is 2.11. The fraction of sp³-hybridized carbons (Fsp3) is 0.176. The number of hydrogen-bond acceptors (Lipinski definition) is 4. The number of nitrogens with one attached hydrogen (secondary N) is 1. The Kier molecular flexibility index (Phi) is 6.27. The van der Waals surface area contributed by atoms with Gasteiger partial charge in [-0.25, -0.2) is 12.8 Å². The van der Waals surface area contributed by atoms with E-state index in [2.05, 4.69) is 21.2 Å². The lowest BCUT2D eigenvalue weighted by Gasteiger charge is -2.17. The topological polar surface area (TPSA) is 83.6 Å². The number of likely N-dealkylation sites (N-methyl/N-ethyl adjacent to an activating group) is 1. The molecular weight excluding hydrogens is 427 g/mol. The molecule has 0 saturated carbocycles. The second-order valence-electron chi connectivity index (χ2n) is 5.51. The number of anilines is 1. The highest BCUT2D eigenvalue weighted by Gasteiger charge is 2.23. The average molecular weight is 443 g/mol. The molecule has 9 heteroatoms. The highest BCUT2D eigenvalue weighted by molar-refractivity contribution is 9.10. The minimum Gasteiger partial charge on any atom is -0.324 e. The summed E-state index contributed by atoms with van der Waals surface area (Å²) in [7, 11) is -2.62. The monoisotopic (exact) mass is 442 g/mol. The molecule has 2 rings (SSSR count). The van der Waals surface area contributed by atoms with Gasteiger partial charge in [0, 0.05) is 17.1 Å². The Labute approximate surface area is 159 Å². The van der Waals surface area contributed by atoms with E-state index < -0.39 is 28.3 Å². The van der Waals surface area contributed by atoms with Gasteiger partial charge in [0.1, 0.15) is 5.82 Å². The van der Waals surface area contributed by atoms with E-state index in [4.69, 9.17) is 0 Å². The molecule has 0 fully saturated rings. The van der Waals surface area contributed by atoms with E-state index in [1.165, 1.54) is 56.4 Å². The third-order valence-corrected chi connectivity index (χ3v) is 6.01. The zero-order chi connectivity index (χ0) is 19.5. The Hall–Kier alpha value is -2.10. The molecule has 0 heterocycles. The van der Waals surface area contributed by atoms with Crippen molar-refractivity contribution in [3.63, 3.8) is 0 Å². The predicted molar refractivity (Wildman–Crippen MR) is 99.0 cm³/mol. The summed E-state index contributed by atoms with van der Waals surface area (Å²) in [5.74, 6) is -1.22. The van der Waals surface area contributed by atoms with Gasteiger partial charge < -0.3 is 5.32 Å². The van der Waals surface area contributed by atoms with Crippen molar-refractivity contribution in [3.8, 4) is 0 Å². The highest BCUT2D eigenvalue weighted by Crippen LogP contribution is 2.23. The number of hydrogen-bond donors (Lipinski definition) is 1. The zero-order valence-corrected chi connectivity index (χ0v) is 16.4. The van der Waals surface area contributed by atoms with Crippen molar-refractivity contribution in [2.45, 2.75) is 11.8 Å². The molecule has 2 aromatic rings. The van der Waals surface area contributed by atoms with E-state index in [-0.39, 0.29) is 10.7 Å². The molecule has 0 atom stereocenters. The average Bonchev–Trinajstić information content (AvgIpc) is 2.57. The normalized spacial score (nSPS) is 11.4. The maximum Gasteiger partial charge on any atom is 0.243 e. The molecule has 1 N–H and O–H groups in total. The van der Waals surface area contributed by atoms with Crippen molar-refractivity contribution in [1.82, 2.24) is 4.31 Å². The van der Waals surface area contributed by atoms with Crippen LogP contribution in [0, 0.1) is 5.82 Å². The summed E-state index contributed by atoms with van der Waals surface area (Å²) in [5, 5.41) is 2.51. The first-order valence-corrected chi connectivity index (χ1v) is 9.67. The Morgan fingerprint density at radius 3 is 2.31 bits per heavy atom. The van der Waals surface area contributed by atoms with Crippen LogP contribution in [0.1, 0.15) is 17.3 Å². The molecule has 0 aliphatic carbocycles. The molecule has 0 saturated heterocycles. The standard InChI is InChI=1S/C17H16BrFN2O4S/c1-11(22)12-3-6-14(7-4-12)26(24,25)21(2)10-17(23)20-16-8-5-13(19)9-15(16)18/h3-9H,10H2,1-2H3,(H,20,23). The second-order valence-corrected chi connectivity index (χ2v) is 8.41. The lowest BCUT2D eigenvalue weighted by Crippen LogP contribution is -2.35. The quantitative estimate of drug-likeness (QED) is 0.696. The summed E-state index contributed by atoms with van der Waals surface area (Å²) >= 11 is 3.12. The molecule has 2 aromatic carbocycles. The molecular formula is C17H16BrFN2O4S. The van der Waals surface area contributed by atoms with Gasteiger partial charge in [0.15, 0.2) is 5.78 Å². The Bertz CT molecular complexity index is 946. The van der Waals surface area contributed by atoms with Crippen LogP contribution in [-0.4, -0.2) is 38.0 Å². The number of Topliss-reactive ketones (excluding diaryl/α,β-unsaturated/α-hetero) is 1. The first-order valence-electron chi connectivity index (χ1n) is 7.43. The Morgan fingerprint density at radius 1 is 1.15 bits per heavy atom. The van der Waals surface area contributed by atoms with Crippen LogP contribution in [0.15, 0.2) is 51.8 Å². The van der Waals surface area contributed by atoms with Gasteiger partial charge in [0.05, 0.1) is 17.1 Å². The van der Waals surface area contributed by atoms with Gasteiger partial charge in [0.2, 0.25) is 15.9 Å². The maximum atomic E-state index is 13.1. The van der Waals surface area contributed by atoms with Gasteiger partial charge in [-0.05, 0) is 53.2 Å². The number of sulfonamides is 1. The van der Waals surface area contributed by atoms with Crippen LogP contribution < -0.4 is 5.32 Å². The van der Waals surface area contributed by atoms with Crippen LogP contribution in [0.2, 0.25) is 0 Å². The molecule has 0 unspecified atom stereocenters. The van der Waals surface area contributed by atoms with Gasteiger partial charge in [-0.1, -0.05) is 12.1 Å². The van der Waals surface area contributed by atoms with E-state index in [0.717, 1.165) is 4.31 Å². The fourth-order valence-corrected chi connectivity index (χ4v) is 3.69. The molecule has 138 valence electrons. The van der Waals surface area contributed by atoms with E-state index in [0.29, 0.717) is 15.7 Å². The largest absolute Gasteiger partial charge is 0.324 e. The minimum atomic E-state index is -3.90. The number of halogens is 2. The SMILES string of the molecule is CC(=O)c1ccc(S(=O)(=O)N(C)CC(=O)Nc2ccc(F)cc2Br)cc1. The molecule has 6 nitrogen and oxygen atoms in total. The van der Waals surface area contributed by atoms with Gasteiger partial charge in [0.25, 0.3) is 0 Å². The molecule has 0 spiro atoms. The zero-order valence-electron chi connectivity index (χ0n) is 14.0. The molecule has 0 aliphatic rings. The number of benzene rings is 2. The molecule has 0 aromatic heterocycles. The van der Waals surface area contributed by atoms with Crippen molar-refractivity contribution in [1.29, 1.82) is 0 Å². The third-order valence-electron chi connectivity index (χ3n) is 3.54. The van der Waals surface area contributed by atoms with Crippen molar-refractivity contribution < 1.29 is 22.4 Å². The summed E-state index contributed by atoms with van der Waals surface area (Å²) in [4.78, 5) is 23.3. The summed E-state index contributed by atoms with van der Waals surface area (Å²) in [6.07, 6.45) is 0. The number of ketones is 1. The smallest absolute Gasteiger partial charge is 0.243 e. The van der Waals surface area contributed by atoms with Crippen molar-refractivity contribution in [3.05, 3.63) is 58.3 Å². The van der Waals surface area contributed by atoms with Crippen LogP contribution in [0.25, 0.3) is 0 Å². The van der Waals surface area contributed by atoms with Gasteiger partial charge in [-0.2, -0.15) is 4.31 Å². The number of carbonyl (C=O) groups is 2. The van der Waals surface area contributed by atoms with E-state index in [1.807, 2.05) is 0 Å². The van der Waals surface area contributed by atoms with E-state index in [9.17, 15) is 22.4 Å². The Morgan fingerprint density at radius 2 is 1.77 bits per heavy atom. The van der Waals surface area contributed by atoms with Crippen LogP contribution >= 0.6 is 15.9 Å². The molecule has 0 bridgehead atoms. The van der Waals surface area contributed by atoms with Gasteiger partial charge in [-0.3, -0.25) is 9.59 Å². The number of amides is 1. The molecule has 0 aliphatic heterocycles. The first kappa shape index (κ1) is 20.2. The second kappa shape index (κ2) is 8.07. The van der Waals surface area contributed by atoms with Crippen LogP contribution in [0.4, 0.5) is 10.1 Å². The molecule has 1 amide bonds. The van der Waals surface area contributed by atoms with Crippen molar-refractivity contribution in [2.24, 2.45) is 0 Å². The predicted octanol–water partition coefficient (Wildman–Crippen LogP) is 3.05. The van der Waals surface area contributed by atoms with Crippen LogP contribution in [0.3, 0.4) is 0 Å². The van der Waals surface area contributed by atoms with Crippen LogP contribution in [0.5, 0.6) is 0 Å². The van der Waals surface area contributed by atoms with E-state index >= 15 is 0 Å².